The largest absolute Gasteiger partial charge is 0.348 e. The van der Waals surface area contributed by atoms with Crippen LogP contribution in [-0.2, 0) is 6.54 Å². The fourth-order valence-electron chi connectivity index (χ4n) is 2.72. The fourth-order valence-corrected chi connectivity index (χ4v) is 3.88. The van der Waals surface area contributed by atoms with E-state index in [0.29, 0.717) is 28.4 Å². The van der Waals surface area contributed by atoms with Gasteiger partial charge in [0.15, 0.2) is 0 Å². The van der Waals surface area contributed by atoms with Crippen LogP contribution >= 0.6 is 23.4 Å². The number of fused-ring (bicyclic) bond motifs is 2. The van der Waals surface area contributed by atoms with Crippen LogP contribution in [0.4, 0.5) is 5.69 Å². The summed E-state index contributed by atoms with van der Waals surface area (Å²) in [7, 11) is 0. The highest BCUT2D eigenvalue weighted by Gasteiger charge is 2.21. The van der Waals surface area contributed by atoms with E-state index in [0.717, 1.165) is 15.4 Å². The first-order valence-corrected chi connectivity index (χ1v) is 9.39. The van der Waals surface area contributed by atoms with Crippen molar-refractivity contribution in [2.24, 2.45) is 0 Å². The summed E-state index contributed by atoms with van der Waals surface area (Å²) in [5.74, 6) is -0.461. The molecule has 134 valence electrons. The van der Waals surface area contributed by atoms with E-state index in [1.807, 2.05) is 24.3 Å². The molecule has 2 aromatic carbocycles. The second kappa shape index (κ2) is 7.42. The molecule has 2 amide bonds. The molecule has 1 aromatic heterocycles. The molecule has 0 unspecified atom stereocenters. The van der Waals surface area contributed by atoms with Crippen LogP contribution < -0.4 is 10.6 Å². The molecule has 1 aliphatic rings. The SMILES string of the molecule is O=C(NCc1cccnc1)c1ccc2c(c1)NC(=O)c1cc(Cl)ccc1S2. The van der Waals surface area contributed by atoms with E-state index in [9.17, 15) is 9.59 Å². The number of rotatable bonds is 3. The molecule has 0 saturated heterocycles. The Hall–Kier alpha value is -2.83. The number of hydrogen-bond donors (Lipinski definition) is 2. The third kappa shape index (κ3) is 3.82. The summed E-state index contributed by atoms with van der Waals surface area (Å²) in [4.78, 5) is 30.7. The summed E-state index contributed by atoms with van der Waals surface area (Å²) in [6.07, 6.45) is 3.39. The van der Waals surface area contributed by atoms with Gasteiger partial charge in [0.2, 0.25) is 0 Å². The number of anilines is 1. The normalized spacial score (nSPS) is 12.4. The van der Waals surface area contributed by atoms with Gasteiger partial charge < -0.3 is 10.6 Å². The second-order valence-electron chi connectivity index (χ2n) is 5.95. The average molecular weight is 396 g/mol. The standard InChI is InChI=1S/C20H14ClN3O2S/c21-14-4-6-17-15(9-14)20(26)24-16-8-13(3-5-18(16)27-17)19(25)23-11-12-2-1-7-22-10-12/h1-10H,11H2,(H,23,25)(H,24,26). The number of halogens is 1. The maximum absolute atomic E-state index is 12.5. The quantitative estimate of drug-likeness (QED) is 0.690. The lowest BCUT2D eigenvalue weighted by Gasteiger charge is -2.09. The molecular weight excluding hydrogens is 382 g/mol. The molecule has 27 heavy (non-hydrogen) atoms. The Morgan fingerprint density at radius 3 is 2.81 bits per heavy atom. The summed E-state index contributed by atoms with van der Waals surface area (Å²) < 4.78 is 0. The molecule has 0 saturated carbocycles. The molecule has 3 aromatic rings. The van der Waals surface area contributed by atoms with E-state index in [1.54, 1.807) is 36.7 Å². The summed E-state index contributed by atoms with van der Waals surface area (Å²) >= 11 is 7.48. The Morgan fingerprint density at radius 1 is 1.15 bits per heavy atom. The minimum Gasteiger partial charge on any atom is -0.348 e. The Kier molecular flexibility index (Phi) is 4.83. The Labute approximate surface area is 165 Å². The predicted octanol–water partition coefficient (Wildman–Crippen LogP) is 4.38. The van der Waals surface area contributed by atoms with Gasteiger partial charge in [-0.2, -0.15) is 0 Å². The molecule has 0 fully saturated rings. The van der Waals surface area contributed by atoms with E-state index >= 15 is 0 Å². The van der Waals surface area contributed by atoms with Gasteiger partial charge in [0, 0.05) is 39.3 Å². The molecule has 7 heteroatoms. The van der Waals surface area contributed by atoms with Crippen LogP contribution in [0.1, 0.15) is 26.3 Å². The molecule has 0 atom stereocenters. The van der Waals surface area contributed by atoms with Crippen LogP contribution in [-0.4, -0.2) is 16.8 Å². The summed E-state index contributed by atoms with van der Waals surface area (Å²) in [5.41, 5.74) is 2.51. The smallest absolute Gasteiger partial charge is 0.256 e. The highest BCUT2D eigenvalue weighted by molar-refractivity contribution is 7.99. The Balaban J connectivity index is 1.56. The van der Waals surface area contributed by atoms with Gasteiger partial charge in [0.1, 0.15) is 0 Å². The number of hydrogen-bond acceptors (Lipinski definition) is 4. The lowest BCUT2D eigenvalue weighted by Crippen LogP contribution is -2.23. The van der Waals surface area contributed by atoms with Gasteiger partial charge in [0.25, 0.3) is 11.8 Å². The number of amides is 2. The maximum Gasteiger partial charge on any atom is 0.256 e. The van der Waals surface area contributed by atoms with Crippen LogP contribution in [0.2, 0.25) is 5.02 Å². The fraction of sp³-hybridized carbons (Fsp3) is 0.0500. The minimum absolute atomic E-state index is 0.217. The first-order chi connectivity index (χ1) is 13.1. The third-order valence-corrected chi connectivity index (χ3v) is 5.46. The van der Waals surface area contributed by atoms with Gasteiger partial charge in [-0.25, -0.2) is 0 Å². The number of nitrogens with one attached hydrogen (secondary N) is 2. The predicted molar refractivity (Wildman–Crippen MR) is 105 cm³/mol. The van der Waals surface area contributed by atoms with Crippen molar-refractivity contribution in [3.63, 3.8) is 0 Å². The molecule has 0 bridgehead atoms. The minimum atomic E-state index is -0.244. The van der Waals surface area contributed by atoms with Gasteiger partial charge in [-0.1, -0.05) is 29.4 Å². The van der Waals surface area contributed by atoms with E-state index in [2.05, 4.69) is 15.6 Å². The van der Waals surface area contributed by atoms with Crippen LogP contribution in [0, 0.1) is 0 Å². The van der Waals surface area contributed by atoms with Gasteiger partial charge >= 0.3 is 0 Å². The van der Waals surface area contributed by atoms with Crippen LogP contribution in [0.3, 0.4) is 0 Å². The van der Waals surface area contributed by atoms with Crippen LogP contribution in [0.15, 0.2) is 70.7 Å². The van der Waals surface area contributed by atoms with E-state index in [-0.39, 0.29) is 11.8 Å². The van der Waals surface area contributed by atoms with Crippen molar-refractivity contribution in [2.45, 2.75) is 16.3 Å². The van der Waals surface area contributed by atoms with E-state index in [1.165, 1.54) is 11.8 Å². The van der Waals surface area contributed by atoms with Crippen molar-refractivity contribution in [1.82, 2.24) is 10.3 Å². The molecular formula is C20H14ClN3O2S. The number of nitrogens with zero attached hydrogens (tertiary/aromatic N) is 1. The summed E-state index contributed by atoms with van der Waals surface area (Å²) in [5, 5.41) is 6.23. The zero-order valence-corrected chi connectivity index (χ0v) is 15.6. The molecule has 2 N–H and O–H groups in total. The van der Waals surface area contributed by atoms with Gasteiger partial charge in [-0.3, -0.25) is 14.6 Å². The van der Waals surface area contributed by atoms with Crippen molar-refractivity contribution >= 4 is 40.9 Å². The first-order valence-electron chi connectivity index (χ1n) is 8.20. The number of benzene rings is 2. The molecule has 2 heterocycles. The highest BCUT2D eigenvalue weighted by Crippen LogP contribution is 2.39. The third-order valence-electron chi connectivity index (χ3n) is 4.07. The Morgan fingerprint density at radius 2 is 2.00 bits per heavy atom. The average Bonchev–Trinajstić information content (AvgIpc) is 2.82. The first kappa shape index (κ1) is 17.6. The molecule has 0 spiro atoms. The summed E-state index contributed by atoms with van der Waals surface area (Å²) in [6, 6.07) is 14.2. The number of carbonyl (C=O) groups excluding carboxylic acids is 2. The molecule has 5 nitrogen and oxygen atoms in total. The highest BCUT2D eigenvalue weighted by atomic mass is 35.5. The Bertz CT molecular complexity index is 1040. The maximum atomic E-state index is 12.5. The molecule has 0 aliphatic carbocycles. The van der Waals surface area contributed by atoms with Crippen molar-refractivity contribution in [2.75, 3.05) is 5.32 Å². The molecule has 4 rings (SSSR count). The van der Waals surface area contributed by atoms with Gasteiger partial charge in [0.05, 0.1) is 11.3 Å². The number of aromatic nitrogens is 1. The number of carbonyl (C=O) groups is 2. The van der Waals surface area contributed by atoms with E-state index < -0.39 is 0 Å². The monoisotopic (exact) mass is 395 g/mol. The van der Waals surface area contributed by atoms with Crippen molar-refractivity contribution in [1.29, 1.82) is 0 Å². The van der Waals surface area contributed by atoms with Crippen LogP contribution in [0.5, 0.6) is 0 Å². The lowest BCUT2D eigenvalue weighted by atomic mass is 10.1. The second-order valence-corrected chi connectivity index (χ2v) is 7.47. The van der Waals surface area contributed by atoms with Crippen molar-refractivity contribution in [3.05, 3.63) is 82.6 Å². The van der Waals surface area contributed by atoms with Crippen LogP contribution in [0.25, 0.3) is 0 Å². The van der Waals surface area contributed by atoms with E-state index in [4.69, 9.17) is 11.6 Å². The van der Waals surface area contributed by atoms with Crippen molar-refractivity contribution in [3.8, 4) is 0 Å². The van der Waals surface area contributed by atoms with Gasteiger partial charge in [-0.15, -0.1) is 0 Å². The topological polar surface area (TPSA) is 71.1 Å². The molecule has 1 aliphatic heterocycles. The zero-order valence-electron chi connectivity index (χ0n) is 14.0. The number of pyridine rings is 1. The summed E-state index contributed by atoms with van der Waals surface area (Å²) in [6.45, 7) is 0.384. The molecule has 0 radical (unpaired) electrons. The van der Waals surface area contributed by atoms with Crippen molar-refractivity contribution < 1.29 is 9.59 Å². The zero-order chi connectivity index (χ0) is 18.8. The van der Waals surface area contributed by atoms with Gasteiger partial charge in [-0.05, 0) is 48.0 Å². The lowest BCUT2D eigenvalue weighted by molar-refractivity contribution is 0.0949.